The number of halogens is 1. The maximum Gasteiger partial charge on any atom is 0.251 e. The molecular weight excluding hydrogens is 399 g/mol. The lowest BCUT2D eigenvalue weighted by atomic mass is 10.1. The maximum atomic E-state index is 14.1. The number of fused-ring (bicyclic) bond motifs is 3. The quantitative estimate of drug-likeness (QED) is 0.413. The SMILES string of the molecule is CCN(CC)CCCNC(=O)c1ccc2c(c1)sc1nc(-c3ccccc3F)cn12. The molecule has 0 aliphatic heterocycles. The Labute approximate surface area is 179 Å². The van der Waals surface area contributed by atoms with Gasteiger partial charge in [-0.25, -0.2) is 9.37 Å². The molecule has 7 heteroatoms. The summed E-state index contributed by atoms with van der Waals surface area (Å²) in [6.45, 7) is 7.99. The van der Waals surface area contributed by atoms with Crippen molar-refractivity contribution in [2.75, 3.05) is 26.2 Å². The zero-order valence-corrected chi connectivity index (χ0v) is 18.0. The standard InChI is InChI=1S/C23H25FN4OS/c1-3-27(4-2)13-7-12-25-22(29)16-10-11-20-21(14-16)30-23-26-19(15-28(20)23)17-8-5-6-9-18(17)24/h5-6,8-11,14-15H,3-4,7,12-13H2,1-2H3,(H,25,29). The highest BCUT2D eigenvalue weighted by atomic mass is 32.1. The van der Waals surface area contributed by atoms with Crippen molar-refractivity contribution in [3.8, 4) is 11.3 Å². The molecular formula is C23H25FN4OS. The number of carbonyl (C=O) groups excluding carboxylic acids is 1. The van der Waals surface area contributed by atoms with Crippen LogP contribution in [0.15, 0.2) is 48.7 Å². The Morgan fingerprint density at radius 2 is 2.00 bits per heavy atom. The average molecular weight is 425 g/mol. The smallest absolute Gasteiger partial charge is 0.251 e. The molecule has 1 N–H and O–H groups in total. The lowest BCUT2D eigenvalue weighted by Crippen LogP contribution is -2.29. The van der Waals surface area contributed by atoms with E-state index in [0.29, 0.717) is 23.4 Å². The molecule has 0 saturated heterocycles. The Balaban J connectivity index is 1.49. The average Bonchev–Trinajstić information content (AvgIpc) is 3.31. The fourth-order valence-corrected chi connectivity index (χ4v) is 4.63. The van der Waals surface area contributed by atoms with E-state index in [9.17, 15) is 9.18 Å². The Morgan fingerprint density at radius 3 is 2.77 bits per heavy atom. The van der Waals surface area contributed by atoms with E-state index in [0.717, 1.165) is 41.2 Å². The number of hydrogen-bond acceptors (Lipinski definition) is 4. The van der Waals surface area contributed by atoms with Crippen molar-refractivity contribution in [1.29, 1.82) is 0 Å². The summed E-state index contributed by atoms with van der Waals surface area (Å²) in [7, 11) is 0. The van der Waals surface area contributed by atoms with Crippen molar-refractivity contribution >= 4 is 32.4 Å². The van der Waals surface area contributed by atoms with E-state index in [1.54, 1.807) is 18.2 Å². The number of amides is 1. The molecule has 156 valence electrons. The number of rotatable bonds is 8. The highest BCUT2D eigenvalue weighted by Gasteiger charge is 2.14. The van der Waals surface area contributed by atoms with Gasteiger partial charge in [0.1, 0.15) is 5.82 Å². The number of benzene rings is 2. The lowest BCUT2D eigenvalue weighted by molar-refractivity contribution is 0.0952. The van der Waals surface area contributed by atoms with Crippen molar-refractivity contribution in [3.05, 3.63) is 60.0 Å². The van der Waals surface area contributed by atoms with Crippen molar-refractivity contribution in [2.45, 2.75) is 20.3 Å². The molecule has 2 aromatic heterocycles. The van der Waals surface area contributed by atoms with Crippen LogP contribution >= 0.6 is 11.3 Å². The van der Waals surface area contributed by atoms with Crippen LogP contribution in [0, 0.1) is 5.82 Å². The number of aromatic nitrogens is 2. The molecule has 4 aromatic rings. The summed E-state index contributed by atoms with van der Waals surface area (Å²) in [4.78, 5) is 20.2. The van der Waals surface area contributed by atoms with Gasteiger partial charge >= 0.3 is 0 Å². The minimum atomic E-state index is -0.285. The van der Waals surface area contributed by atoms with Gasteiger partial charge in [-0.3, -0.25) is 9.20 Å². The highest BCUT2D eigenvalue weighted by molar-refractivity contribution is 7.23. The number of nitrogens with one attached hydrogen (secondary N) is 1. The summed E-state index contributed by atoms with van der Waals surface area (Å²) in [5.41, 5.74) is 2.70. The van der Waals surface area contributed by atoms with Crippen LogP contribution in [0.1, 0.15) is 30.6 Å². The lowest BCUT2D eigenvalue weighted by Gasteiger charge is -2.17. The molecule has 4 rings (SSSR count). The Bertz CT molecular complexity index is 1180. The summed E-state index contributed by atoms with van der Waals surface area (Å²) in [6.07, 6.45) is 2.78. The van der Waals surface area contributed by atoms with Crippen LogP contribution in [-0.2, 0) is 0 Å². The summed E-state index contributed by atoms with van der Waals surface area (Å²) < 4.78 is 17.0. The van der Waals surface area contributed by atoms with Gasteiger partial charge in [-0.2, -0.15) is 0 Å². The third-order valence-corrected chi connectivity index (χ3v) is 6.35. The van der Waals surface area contributed by atoms with Crippen LogP contribution in [0.25, 0.3) is 26.4 Å². The first-order chi connectivity index (χ1) is 14.6. The number of carbonyl (C=O) groups is 1. The first kappa shape index (κ1) is 20.5. The molecule has 1 amide bonds. The van der Waals surface area contributed by atoms with Gasteiger partial charge in [0.05, 0.1) is 15.9 Å². The zero-order chi connectivity index (χ0) is 21.1. The second kappa shape index (κ2) is 8.93. The Hall–Kier alpha value is -2.77. The fourth-order valence-electron chi connectivity index (χ4n) is 3.59. The van der Waals surface area contributed by atoms with Gasteiger partial charge in [0.25, 0.3) is 5.91 Å². The third kappa shape index (κ3) is 4.08. The Kier molecular flexibility index (Phi) is 6.11. The third-order valence-electron chi connectivity index (χ3n) is 5.34. The first-order valence-corrected chi connectivity index (χ1v) is 11.1. The minimum Gasteiger partial charge on any atom is -0.352 e. The van der Waals surface area contributed by atoms with E-state index >= 15 is 0 Å². The van der Waals surface area contributed by atoms with E-state index in [1.807, 2.05) is 28.8 Å². The minimum absolute atomic E-state index is 0.0606. The molecule has 0 atom stereocenters. The Morgan fingerprint density at radius 1 is 1.20 bits per heavy atom. The molecule has 0 radical (unpaired) electrons. The second-order valence-corrected chi connectivity index (χ2v) is 8.19. The van der Waals surface area contributed by atoms with E-state index in [1.165, 1.54) is 17.4 Å². The summed E-state index contributed by atoms with van der Waals surface area (Å²) in [5, 5.41) is 3.01. The second-order valence-electron chi connectivity index (χ2n) is 7.18. The van der Waals surface area contributed by atoms with Crippen LogP contribution in [0.3, 0.4) is 0 Å². The first-order valence-electron chi connectivity index (χ1n) is 10.3. The molecule has 0 spiro atoms. The van der Waals surface area contributed by atoms with Gasteiger partial charge < -0.3 is 10.2 Å². The molecule has 0 aliphatic carbocycles. The number of thiazole rings is 1. The summed E-state index contributed by atoms with van der Waals surface area (Å²) >= 11 is 1.50. The maximum absolute atomic E-state index is 14.1. The van der Waals surface area contributed by atoms with E-state index in [-0.39, 0.29) is 11.7 Å². The van der Waals surface area contributed by atoms with Crippen LogP contribution < -0.4 is 5.32 Å². The van der Waals surface area contributed by atoms with Crippen molar-refractivity contribution in [2.24, 2.45) is 0 Å². The number of imidazole rings is 1. The molecule has 0 aliphatic rings. The fraction of sp³-hybridized carbons (Fsp3) is 0.304. The summed E-state index contributed by atoms with van der Waals surface area (Å²) in [6, 6.07) is 12.3. The van der Waals surface area contributed by atoms with Crippen LogP contribution in [0.2, 0.25) is 0 Å². The monoisotopic (exact) mass is 424 g/mol. The number of hydrogen-bond donors (Lipinski definition) is 1. The van der Waals surface area contributed by atoms with E-state index in [4.69, 9.17) is 0 Å². The molecule has 5 nitrogen and oxygen atoms in total. The molecule has 0 fully saturated rings. The van der Waals surface area contributed by atoms with Crippen molar-refractivity contribution in [3.63, 3.8) is 0 Å². The van der Waals surface area contributed by atoms with E-state index < -0.39 is 0 Å². The van der Waals surface area contributed by atoms with Gasteiger partial charge in [0.15, 0.2) is 4.96 Å². The topological polar surface area (TPSA) is 49.6 Å². The predicted molar refractivity (Wildman–Crippen MR) is 121 cm³/mol. The molecule has 0 bridgehead atoms. The normalized spacial score (nSPS) is 11.6. The van der Waals surface area contributed by atoms with Gasteiger partial charge in [0, 0.05) is 23.9 Å². The molecule has 0 unspecified atom stereocenters. The molecule has 2 aromatic carbocycles. The van der Waals surface area contributed by atoms with Crippen molar-refractivity contribution in [1.82, 2.24) is 19.6 Å². The van der Waals surface area contributed by atoms with Crippen molar-refractivity contribution < 1.29 is 9.18 Å². The van der Waals surface area contributed by atoms with Crippen LogP contribution in [0.4, 0.5) is 4.39 Å². The van der Waals surface area contributed by atoms with Gasteiger partial charge in [-0.1, -0.05) is 37.3 Å². The highest BCUT2D eigenvalue weighted by Crippen LogP contribution is 2.30. The van der Waals surface area contributed by atoms with Crippen LogP contribution in [0.5, 0.6) is 0 Å². The molecule has 2 heterocycles. The zero-order valence-electron chi connectivity index (χ0n) is 17.2. The number of nitrogens with zero attached hydrogens (tertiary/aromatic N) is 3. The largest absolute Gasteiger partial charge is 0.352 e. The van der Waals surface area contributed by atoms with Gasteiger partial charge in [-0.15, -0.1) is 0 Å². The molecule has 30 heavy (non-hydrogen) atoms. The summed E-state index contributed by atoms with van der Waals surface area (Å²) in [5.74, 6) is -0.345. The predicted octanol–water partition coefficient (Wildman–Crippen LogP) is 4.82. The van der Waals surface area contributed by atoms with Crippen LogP contribution in [-0.4, -0.2) is 46.4 Å². The molecule has 0 saturated carbocycles. The van der Waals surface area contributed by atoms with E-state index in [2.05, 4.69) is 29.0 Å². The van der Waals surface area contributed by atoms with Gasteiger partial charge in [0.2, 0.25) is 0 Å². The van der Waals surface area contributed by atoms with Gasteiger partial charge in [-0.05, 0) is 56.4 Å².